The molecule has 0 atom stereocenters. The largest absolute Gasteiger partial charge is 0.465 e. The van der Waals surface area contributed by atoms with Gasteiger partial charge in [0.15, 0.2) is 0 Å². The average molecular weight is 323 g/mol. The Bertz CT molecular complexity index is 895. The molecule has 2 N–H and O–H groups in total. The Morgan fingerprint density at radius 2 is 1.83 bits per heavy atom. The maximum Gasteiger partial charge on any atom is 0.326 e. The number of imidazole rings is 1. The molecule has 0 fully saturated rings. The number of hydrogen-bond acceptors (Lipinski definition) is 4. The predicted molar refractivity (Wildman–Crippen MR) is 95.7 cm³/mol. The van der Waals surface area contributed by atoms with Gasteiger partial charge in [0, 0.05) is 11.3 Å². The number of nitrogen functional groups attached to an aromatic ring is 1. The van der Waals surface area contributed by atoms with Gasteiger partial charge in [-0.05, 0) is 68.3 Å². The van der Waals surface area contributed by atoms with Gasteiger partial charge in [0.25, 0.3) is 0 Å². The monoisotopic (exact) mass is 323 g/mol. The van der Waals surface area contributed by atoms with E-state index in [4.69, 9.17) is 15.5 Å². The van der Waals surface area contributed by atoms with E-state index in [1.165, 1.54) is 5.56 Å². The topological polar surface area (TPSA) is 70.1 Å². The molecule has 0 bridgehead atoms. The summed E-state index contributed by atoms with van der Waals surface area (Å²) in [4.78, 5) is 16.8. The van der Waals surface area contributed by atoms with Gasteiger partial charge in [-0.1, -0.05) is 0 Å². The molecule has 1 heterocycles. The molecule has 3 aromatic rings. The highest BCUT2D eigenvalue weighted by atomic mass is 16.5. The molecule has 0 amide bonds. The molecular formula is C19H21N3O2. The molecule has 0 saturated heterocycles. The second-order valence-corrected chi connectivity index (χ2v) is 5.87. The number of anilines is 1. The minimum Gasteiger partial charge on any atom is -0.465 e. The smallest absolute Gasteiger partial charge is 0.326 e. The van der Waals surface area contributed by atoms with Crippen molar-refractivity contribution in [3.63, 3.8) is 0 Å². The minimum absolute atomic E-state index is 0.131. The fourth-order valence-electron chi connectivity index (χ4n) is 2.73. The van der Waals surface area contributed by atoms with Crippen LogP contribution in [0.2, 0.25) is 0 Å². The first-order chi connectivity index (χ1) is 11.5. The van der Waals surface area contributed by atoms with Crippen LogP contribution in [0.1, 0.15) is 18.1 Å². The Labute approximate surface area is 141 Å². The number of carbonyl (C=O) groups excluding carboxylic acids is 1. The number of nitrogens with two attached hydrogens (primary N) is 1. The highest BCUT2D eigenvalue weighted by molar-refractivity contribution is 5.84. The zero-order valence-corrected chi connectivity index (χ0v) is 14.2. The van der Waals surface area contributed by atoms with Crippen LogP contribution in [0.4, 0.5) is 5.69 Å². The van der Waals surface area contributed by atoms with Crippen LogP contribution in [0.25, 0.3) is 22.4 Å². The second-order valence-electron chi connectivity index (χ2n) is 5.87. The Morgan fingerprint density at radius 1 is 1.17 bits per heavy atom. The molecule has 0 saturated carbocycles. The number of esters is 1. The highest BCUT2D eigenvalue weighted by Gasteiger charge is 2.16. The van der Waals surface area contributed by atoms with Crippen LogP contribution >= 0.6 is 0 Å². The van der Waals surface area contributed by atoms with E-state index in [9.17, 15) is 4.79 Å². The van der Waals surface area contributed by atoms with Crippen molar-refractivity contribution in [2.24, 2.45) is 0 Å². The Balaban J connectivity index is 2.18. The van der Waals surface area contributed by atoms with Gasteiger partial charge >= 0.3 is 5.97 Å². The van der Waals surface area contributed by atoms with Crippen LogP contribution in [0.3, 0.4) is 0 Å². The molecule has 0 spiro atoms. The lowest BCUT2D eigenvalue weighted by atomic mass is 10.1. The fraction of sp³-hybridized carbons (Fsp3) is 0.263. The van der Waals surface area contributed by atoms with Crippen LogP contribution in [-0.2, 0) is 16.1 Å². The third-order valence-corrected chi connectivity index (χ3v) is 4.13. The predicted octanol–water partition coefficient (Wildman–Crippen LogP) is 3.47. The van der Waals surface area contributed by atoms with Crippen molar-refractivity contribution in [2.75, 3.05) is 12.3 Å². The molecule has 5 nitrogen and oxygen atoms in total. The first kappa shape index (κ1) is 16.1. The summed E-state index contributed by atoms with van der Waals surface area (Å²) in [5.74, 6) is 0.467. The van der Waals surface area contributed by atoms with E-state index in [1.54, 1.807) is 6.92 Å². The van der Waals surface area contributed by atoms with Crippen molar-refractivity contribution in [3.05, 3.63) is 47.5 Å². The van der Waals surface area contributed by atoms with Crippen LogP contribution in [-0.4, -0.2) is 22.1 Å². The molecule has 124 valence electrons. The fourth-order valence-corrected chi connectivity index (χ4v) is 2.73. The molecule has 0 radical (unpaired) electrons. The lowest BCUT2D eigenvalue weighted by Crippen LogP contribution is -2.14. The summed E-state index contributed by atoms with van der Waals surface area (Å²) < 4.78 is 7.03. The summed E-state index contributed by atoms with van der Waals surface area (Å²) in [6, 6.07) is 11.6. The highest BCUT2D eigenvalue weighted by Crippen LogP contribution is 2.27. The number of aryl methyl sites for hydroxylation is 2. The summed E-state index contributed by atoms with van der Waals surface area (Å²) in [7, 11) is 0. The number of hydrogen-bond donors (Lipinski definition) is 1. The SMILES string of the molecule is CCOC(=O)Cn1c(-c2ccc(N)cc2)nc2cc(C)c(C)cc21. The minimum atomic E-state index is -0.272. The molecule has 0 unspecified atom stereocenters. The second kappa shape index (κ2) is 6.35. The number of ether oxygens (including phenoxy) is 1. The molecule has 24 heavy (non-hydrogen) atoms. The van der Waals surface area contributed by atoms with Gasteiger partial charge < -0.3 is 15.0 Å². The third-order valence-electron chi connectivity index (χ3n) is 4.13. The van der Waals surface area contributed by atoms with Crippen molar-refractivity contribution >= 4 is 22.7 Å². The van der Waals surface area contributed by atoms with Gasteiger partial charge in [-0.25, -0.2) is 4.98 Å². The summed E-state index contributed by atoms with van der Waals surface area (Å²) in [6.45, 7) is 6.41. The lowest BCUT2D eigenvalue weighted by molar-refractivity contribution is -0.143. The van der Waals surface area contributed by atoms with Crippen LogP contribution in [0.15, 0.2) is 36.4 Å². The van der Waals surface area contributed by atoms with E-state index < -0.39 is 0 Å². The summed E-state index contributed by atoms with van der Waals surface area (Å²) in [5.41, 5.74) is 11.5. The molecule has 0 aliphatic rings. The Morgan fingerprint density at radius 3 is 2.50 bits per heavy atom. The van der Waals surface area contributed by atoms with E-state index in [0.717, 1.165) is 28.0 Å². The van der Waals surface area contributed by atoms with Crippen molar-refractivity contribution in [2.45, 2.75) is 27.3 Å². The number of carbonyl (C=O) groups is 1. The molecule has 1 aromatic heterocycles. The van der Waals surface area contributed by atoms with E-state index >= 15 is 0 Å². The Hall–Kier alpha value is -2.82. The maximum absolute atomic E-state index is 12.1. The number of aromatic nitrogens is 2. The van der Waals surface area contributed by atoms with Crippen molar-refractivity contribution < 1.29 is 9.53 Å². The van der Waals surface area contributed by atoms with E-state index in [1.807, 2.05) is 34.9 Å². The first-order valence-corrected chi connectivity index (χ1v) is 7.98. The number of nitrogens with zero attached hydrogens (tertiary/aromatic N) is 2. The van der Waals surface area contributed by atoms with Crippen molar-refractivity contribution in [3.8, 4) is 11.4 Å². The molecule has 0 aliphatic heterocycles. The van der Waals surface area contributed by atoms with Gasteiger partial charge in [-0.2, -0.15) is 0 Å². The van der Waals surface area contributed by atoms with Crippen LogP contribution in [0.5, 0.6) is 0 Å². The van der Waals surface area contributed by atoms with E-state index in [2.05, 4.69) is 19.9 Å². The van der Waals surface area contributed by atoms with Crippen molar-refractivity contribution in [1.82, 2.24) is 9.55 Å². The molecule has 0 aliphatic carbocycles. The average Bonchev–Trinajstić information content (AvgIpc) is 2.87. The van der Waals surface area contributed by atoms with Gasteiger partial charge in [-0.15, -0.1) is 0 Å². The number of rotatable bonds is 4. The van der Waals surface area contributed by atoms with Gasteiger partial charge in [-0.3, -0.25) is 4.79 Å². The normalized spacial score (nSPS) is 11.0. The number of benzene rings is 2. The lowest BCUT2D eigenvalue weighted by Gasteiger charge is -2.10. The van der Waals surface area contributed by atoms with Crippen LogP contribution in [0, 0.1) is 13.8 Å². The number of fused-ring (bicyclic) bond motifs is 1. The first-order valence-electron chi connectivity index (χ1n) is 7.98. The standard InChI is InChI=1S/C19H21N3O2/c1-4-24-18(23)11-22-17-10-13(3)12(2)9-16(17)21-19(22)14-5-7-15(20)8-6-14/h5-10H,4,11,20H2,1-3H3. The van der Waals surface area contributed by atoms with Gasteiger partial charge in [0.05, 0.1) is 17.6 Å². The van der Waals surface area contributed by atoms with Crippen LogP contribution < -0.4 is 5.73 Å². The van der Waals surface area contributed by atoms with Gasteiger partial charge in [0.1, 0.15) is 12.4 Å². The molecule has 3 rings (SSSR count). The van der Waals surface area contributed by atoms with E-state index in [0.29, 0.717) is 12.3 Å². The quantitative estimate of drug-likeness (QED) is 0.589. The summed E-state index contributed by atoms with van der Waals surface area (Å²) in [5, 5.41) is 0. The van der Waals surface area contributed by atoms with E-state index in [-0.39, 0.29) is 12.5 Å². The summed E-state index contributed by atoms with van der Waals surface area (Å²) in [6.07, 6.45) is 0. The maximum atomic E-state index is 12.1. The zero-order valence-electron chi connectivity index (χ0n) is 14.2. The molecule has 5 heteroatoms. The summed E-state index contributed by atoms with van der Waals surface area (Å²) >= 11 is 0. The van der Waals surface area contributed by atoms with Crippen molar-refractivity contribution in [1.29, 1.82) is 0 Å². The zero-order chi connectivity index (χ0) is 17.3. The van der Waals surface area contributed by atoms with Gasteiger partial charge in [0.2, 0.25) is 0 Å². The molecule has 2 aromatic carbocycles. The third kappa shape index (κ3) is 2.97. The molecular weight excluding hydrogens is 302 g/mol. The Kier molecular flexibility index (Phi) is 4.25.